The molecule has 0 unspecified atom stereocenters. The van der Waals surface area contributed by atoms with Crippen molar-refractivity contribution in [3.63, 3.8) is 0 Å². The maximum Gasteiger partial charge on any atom is 0.291 e. The molecule has 0 bridgehead atoms. The topological polar surface area (TPSA) is 93.4 Å². The fraction of sp³-hybridized carbons (Fsp3) is 0.208. The number of para-hydroxylation sites is 1. The second-order valence-corrected chi connectivity index (χ2v) is 7.73. The molecule has 0 spiro atoms. The van der Waals surface area contributed by atoms with Crippen molar-refractivity contribution in [1.82, 2.24) is 24.5 Å². The molecule has 0 saturated carbocycles. The molecular weight excluding hydrogens is 406 g/mol. The van der Waals surface area contributed by atoms with Gasteiger partial charge in [-0.3, -0.25) is 14.0 Å². The minimum absolute atomic E-state index is 0.136. The van der Waals surface area contributed by atoms with E-state index in [9.17, 15) is 9.59 Å². The number of rotatable bonds is 6. The van der Waals surface area contributed by atoms with E-state index in [-0.39, 0.29) is 18.0 Å². The van der Waals surface area contributed by atoms with Crippen molar-refractivity contribution in [2.75, 3.05) is 13.7 Å². The Hall–Kier alpha value is -4.07. The van der Waals surface area contributed by atoms with Gasteiger partial charge in [-0.15, -0.1) is 0 Å². The highest BCUT2D eigenvalue weighted by molar-refractivity contribution is 5.92. The van der Waals surface area contributed by atoms with Gasteiger partial charge in [0, 0.05) is 29.0 Å². The molecule has 2 N–H and O–H groups in total. The van der Waals surface area contributed by atoms with Gasteiger partial charge in [0.05, 0.1) is 12.6 Å². The number of fused-ring (bicyclic) bond motifs is 4. The van der Waals surface area contributed by atoms with Crippen molar-refractivity contribution in [2.24, 2.45) is 0 Å². The number of carbonyl (C=O) groups excluding carboxylic acids is 1. The lowest BCUT2D eigenvalue weighted by molar-refractivity contribution is -0.121. The van der Waals surface area contributed by atoms with Crippen molar-refractivity contribution in [2.45, 2.75) is 19.9 Å². The summed E-state index contributed by atoms with van der Waals surface area (Å²) in [6, 6.07) is 15.5. The van der Waals surface area contributed by atoms with Crippen molar-refractivity contribution >= 4 is 33.2 Å². The first-order valence-electron chi connectivity index (χ1n) is 10.4. The van der Waals surface area contributed by atoms with Crippen LogP contribution in [0.4, 0.5) is 0 Å². The van der Waals surface area contributed by atoms with Crippen molar-refractivity contribution in [1.29, 1.82) is 0 Å². The third kappa shape index (κ3) is 3.30. The van der Waals surface area contributed by atoms with E-state index in [2.05, 4.69) is 21.5 Å². The van der Waals surface area contributed by atoms with Crippen LogP contribution in [0.1, 0.15) is 11.4 Å². The zero-order valence-corrected chi connectivity index (χ0v) is 17.9. The van der Waals surface area contributed by atoms with Crippen molar-refractivity contribution in [3.8, 4) is 5.75 Å². The number of aryl methyl sites for hydroxylation is 1. The Morgan fingerprint density at radius 1 is 1.12 bits per heavy atom. The van der Waals surface area contributed by atoms with E-state index in [4.69, 9.17) is 4.74 Å². The molecule has 5 rings (SSSR count). The quantitative estimate of drug-likeness (QED) is 0.434. The summed E-state index contributed by atoms with van der Waals surface area (Å²) in [6.45, 7) is 2.16. The summed E-state index contributed by atoms with van der Waals surface area (Å²) in [7, 11) is 1.60. The van der Waals surface area contributed by atoms with E-state index in [0.717, 1.165) is 27.4 Å². The second kappa shape index (κ2) is 7.88. The molecule has 0 aliphatic heterocycles. The molecule has 3 heterocycles. The van der Waals surface area contributed by atoms with E-state index in [1.54, 1.807) is 17.6 Å². The van der Waals surface area contributed by atoms with Gasteiger partial charge in [0.15, 0.2) is 0 Å². The Morgan fingerprint density at radius 3 is 2.81 bits per heavy atom. The monoisotopic (exact) mass is 429 g/mol. The Morgan fingerprint density at radius 2 is 1.97 bits per heavy atom. The van der Waals surface area contributed by atoms with Crippen LogP contribution in [-0.4, -0.2) is 38.7 Å². The number of nitrogens with one attached hydrogen (secondary N) is 2. The third-order valence-corrected chi connectivity index (χ3v) is 5.75. The summed E-state index contributed by atoms with van der Waals surface area (Å²) in [6.07, 6.45) is 2.66. The predicted octanol–water partition coefficient (Wildman–Crippen LogP) is 2.81. The van der Waals surface area contributed by atoms with Gasteiger partial charge in [0.25, 0.3) is 5.56 Å². The number of benzene rings is 2. The number of hydrogen-bond acceptors (Lipinski definition) is 4. The number of methoxy groups -OCH3 is 1. The van der Waals surface area contributed by atoms with E-state index in [1.807, 2.05) is 49.5 Å². The van der Waals surface area contributed by atoms with Crippen LogP contribution in [-0.2, 0) is 17.8 Å². The van der Waals surface area contributed by atoms with Crippen LogP contribution in [0, 0.1) is 6.92 Å². The first-order chi connectivity index (χ1) is 15.6. The number of nitrogens with zero attached hydrogens (tertiary/aromatic N) is 3. The van der Waals surface area contributed by atoms with Gasteiger partial charge in [-0.05, 0) is 43.2 Å². The Balaban J connectivity index is 1.35. The molecule has 0 fully saturated rings. The Labute approximate surface area is 183 Å². The summed E-state index contributed by atoms with van der Waals surface area (Å²) in [4.78, 5) is 28.8. The number of carbonyl (C=O) groups is 1. The highest BCUT2D eigenvalue weighted by atomic mass is 16.5. The smallest absolute Gasteiger partial charge is 0.291 e. The lowest BCUT2D eigenvalue weighted by atomic mass is 10.1. The molecule has 0 saturated heterocycles. The van der Waals surface area contributed by atoms with Gasteiger partial charge in [-0.1, -0.05) is 24.3 Å². The number of aromatic amines is 1. The van der Waals surface area contributed by atoms with Crippen molar-refractivity contribution in [3.05, 3.63) is 76.5 Å². The minimum atomic E-state index is -0.319. The van der Waals surface area contributed by atoms with Gasteiger partial charge < -0.3 is 15.0 Å². The van der Waals surface area contributed by atoms with E-state index in [1.165, 1.54) is 4.68 Å². The van der Waals surface area contributed by atoms with Gasteiger partial charge >= 0.3 is 0 Å². The van der Waals surface area contributed by atoms with Crippen LogP contribution in [0.25, 0.3) is 27.3 Å². The average Bonchev–Trinajstić information content (AvgIpc) is 3.39. The number of aromatic nitrogens is 4. The lowest BCUT2D eigenvalue weighted by Gasteiger charge is -2.09. The predicted molar refractivity (Wildman–Crippen MR) is 123 cm³/mol. The van der Waals surface area contributed by atoms with E-state index in [0.29, 0.717) is 30.1 Å². The number of H-pyrrole nitrogens is 1. The average molecular weight is 429 g/mol. The molecule has 32 heavy (non-hydrogen) atoms. The number of ether oxygens (including phenoxy) is 1. The molecular formula is C24H23N5O3. The fourth-order valence-corrected chi connectivity index (χ4v) is 4.26. The van der Waals surface area contributed by atoms with Crippen LogP contribution in [0.5, 0.6) is 5.75 Å². The van der Waals surface area contributed by atoms with E-state index < -0.39 is 0 Å². The molecule has 0 aliphatic carbocycles. The molecule has 1 amide bonds. The minimum Gasteiger partial charge on any atom is -0.496 e. The standard InChI is InChI=1S/C24H23N5O3/c1-15-27-28(24(31)21-12-18-20(29(15)21)8-5-9-22(18)32-2)14-23(30)25-11-10-16-13-26-19-7-4-3-6-17(16)19/h3-9,12-13,26H,10-11,14H2,1-2H3,(H,25,30). The van der Waals surface area contributed by atoms with Gasteiger partial charge in [0.1, 0.15) is 23.6 Å². The van der Waals surface area contributed by atoms with Crippen molar-refractivity contribution < 1.29 is 9.53 Å². The van der Waals surface area contributed by atoms with E-state index >= 15 is 0 Å². The summed E-state index contributed by atoms with van der Waals surface area (Å²) in [5, 5.41) is 9.25. The normalized spacial score (nSPS) is 11.4. The SMILES string of the molecule is COc1cccc2c1cc1c(=O)n(CC(=O)NCCc3c[nH]c4ccccc34)nc(C)n12. The highest BCUT2D eigenvalue weighted by Gasteiger charge is 2.16. The van der Waals surface area contributed by atoms with Gasteiger partial charge in [0.2, 0.25) is 5.91 Å². The Kier molecular flexibility index (Phi) is 4.89. The molecule has 8 heteroatoms. The largest absolute Gasteiger partial charge is 0.496 e. The van der Waals surface area contributed by atoms with Crippen LogP contribution in [0.2, 0.25) is 0 Å². The zero-order chi connectivity index (χ0) is 22.2. The lowest BCUT2D eigenvalue weighted by Crippen LogP contribution is -2.35. The molecule has 0 atom stereocenters. The Bertz CT molecular complexity index is 1530. The zero-order valence-electron chi connectivity index (χ0n) is 17.9. The molecule has 3 aromatic heterocycles. The molecule has 5 aromatic rings. The highest BCUT2D eigenvalue weighted by Crippen LogP contribution is 2.28. The van der Waals surface area contributed by atoms with Crippen LogP contribution in [0.3, 0.4) is 0 Å². The van der Waals surface area contributed by atoms with Crippen LogP contribution in [0.15, 0.2) is 59.5 Å². The van der Waals surface area contributed by atoms with Crippen LogP contribution < -0.4 is 15.6 Å². The van der Waals surface area contributed by atoms with Crippen LogP contribution >= 0.6 is 0 Å². The number of amides is 1. The molecule has 162 valence electrons. The summed E-state index contributed by atoms with van der Waals surface area (Å²) >= 11 is 0. The summed E-state index contributed by atoms with van der Waals surface area (Å²) < 4.78 is 8.44. The first-order valence-corrected chi connectivity index (χ1v) is 10.4. The third-order valence-electron chi connectivity index (χ3n) is 5.75. The summed E-state index contributed by atoms with van der Waals surface area (Å²) in [5.74, 6) is 1.05. The fourth-order valence-electron chi connectivity index (χ4n) is 4.26. The molecule has 8 nitrogen and oxygen atoms in total. The molecule has 0 aliphatic rings. The first kappa shape index (κ1) is 19.9. The molecule has 0 radical (unpaired) electrons. The maximum absolute atomic E-state index is 13.0. The number of hydrogen-bond donors (Lipinski definition) is 2. The molecule has 2 aromatic carbocycles. The second-order valence-electron chi connectivity index (χ2n) is 7.73. The van der Waals surface area contributed by atoms with Gasteiger partial charge in [-0.2, -0.15) is 5.10 Å². The summed E-state index contributed by atoms with van der Waals surface area (Å²) in [5.41, 5.74) is 3.20. The van der Waals surface area contributed by atoms with Gasteiger partial charge in [-0.25, -0.2) is 4.68 Å². The maximum atomic E-state index is 13.0.